The molecule has 0 unspecified atom stereocenters. The number of anilines is 3. The molecule has 2 heterocycles. The Bertz CT molecular complexity index is 1730. The summed E-state index contributed by atoms with van der Waals surface area (Å²) in [5.74, 6) is 1.16. The molecule has 0 aliphatic carbocycles. The molecular formula is C30H32N6O4S2. The third-order valence-electron chi connectivity index (χ3n) is 6.17. The van der Waals surface area contributed by atoms with Crippen molar-refractivity contribution >= 4 is 79.9 Å². The number of nitrogens with zero attached hydrogens (tertiary/aromatic N) is 2. The van der Waals surface area contributed by atoms with Gasteiger partial charge in [-0.25, -0.2) is 0 Å². The third kappa shape index (κ3) is 7.80. The van der Waals surface area contributed by atoms with Crippen molar-refractivity contribution < 1.29 is 18.6 Å². The molecule has 5 rings (SSSR count). The molecule has 0 fully saturated rings. The molecule has 4 N–H and O–H groups in total. The Balaban J connectivity index is 0.000000197. The number of aryl methyl sites for hydroxylation is 2. The molecule has 0 saturated heterocycles. The Kier molecular flexibility index (Phi) is 10.0. The lowest BCUT2D eigenvalue weighted by Crippen LogP contribution is -2.33. The van der Waals surface area contributed by atoms with Gasteiger partial charge in [-0.3, -0.25) is 4.79 Å². The van der Waals surface area contributed by atoms with E-state index in [1.165, 1.54) is 12.7 Å². The van der Waals surface area contributed by atoms with E-state index in [-0.39, 0.29) is 11.7 Å². The molecule has 0 aliphatic heterocycles. The van der Waals surface area contributed by atoms with Crippen molar-refractivity contribution in [2.24, 2.45) is 0 Å². The number of benzene rings is 3. The molecule has 0 radical (unpaired) electrons. The summed E-state index contributed by atoms with van der Waals surface area (Å²) in [6.07, 6.45) is 0. The minimum Gasteiger partial charge on any atom is -0.468 e. The van der Waals surface area contributed by atoms with E-state index in [1.54, 1.807) is 0 Å². The maximum Gasteiger partial charge on any atom is 0.325 e. The van der Waals surface area contributed by atoms with Crippen LogP contribution in [-0.2, 0) is 9.53 Å². The second-order valence-corrected chi connectivity index (χ2v) is 10.6. The van der Waals surface area contributed by atoms with E-state index >= 15 is 0 Å². The van der Waals surface area contributed by atoms with Crippen molar-refractivity contribution in [3.63, 3.8) is 0 Å². The van der Waals surface area contributed by atoms with Crippen LogP contribution in [0, 0.1) is 13.8 Å². The molecular weight excluding hydrogens is 573 g/mol. The van der Waals surface area contributed by atoms with Crippen molar-refractivity contribution in [1.29, 1.82) is 0 Å². The molecule has 42 heavy (non-hydrogen) atoms. The molecule has 10 nitrogen and oxygen atoms in total. The minimum absolute atomic E-state index is 0.00283. The third-order valence-corrected chi connectivity index (χ3v) is 6.62. The Morgan fingerprint density at radius 3 is 1.93 bits per heavy atom. The number of aromatic nitrogens is 2. The molecule has 0 bridgehead atoms. The Hall–Kier alpha value is -4.55. The fourth-order valence-electron chi connectivity index (χ4n) is 4.04. The average molecular weight is 605 g/mol. The number of hydrogen-bond acceptors (Lipinski definition) is 8. The predicted octanol–water partition coefficient (Wildman–Crippen LogP) is 6.66. The monoisotopic (exact) mass is 604 g/mol. The molecule has 12 heteroatoms. The van der Waals surface area contributed by atoms with Crippen molar-refractivity contribution in [3.05, 3.63) is 77.4 Å². The van der Waals surface area contributed by atoms with Gasteiger partial charge >= 0.3 is 5.97 Å². The number of thiocarbonyl (C=S) groups is 2. The lowest BCUT2D eigenvalue weighted by atomic mass is 10.0. The van der Waals surface area contributed by atoms with Gasteiger partial charge in [-0.15, -0.1) is 0 Å². The van der Waals surface area contributed by atoms with Crippen LogP contribution in [0.25, 0.3) is 21.9 Å². The number of methoxy groups -OCH3 is 1. The van der Waals surface area contributed by atoms with Gasteiger partial charge in [0.1, 0.15) is 6.54 Å². The number of carbonyl (C=O) groups excluding carboxylic acids is 1. The number of esters is 1. The number of hydrogen-bond donors (Lipinski definition) is 4. The molecule has 0 aliphatic rings. The smallest absolute Gasteiger partial charge is 0.325 e. The van der Waals surface area contributed by atoms with Gasteiger partial charge in [-0.2, -0.15) is 0 Å². The first-order valence-electron chi connectivity index (χ1n) is 13.1. The maximum absolute atomic E-state index is 11.0. The van der Waals surface area contributed by atoms with E-state index in [2.05, 4.69) is 56.2 Å². The summed E-state index contributed by atoms with van der Waals surface area (Å²) >= 11 is 10.5. The summed E-state index contributed by atoms with van der Waals surface area (Å²) < 4.78 is 15.0. The lowest BCUT2D eigenvalue weighted by Gasteiger charge is -2.15. The van der Waals surface area contributed by atoms with Crippen LogP contribution in [0.5, 0.6) is 0 Å². The fourth-order valence-corrected chi connectivity index (χ4v) is 4.41. The van der Waals surface area contributed by atoms with Crippen LogP contribution >= 0.6 is 24.4 Å². The first-order valence-corrected chi connectivity index (χ1v) is 14.0. The number of para-hydroxylation sites is 1. The topological polar surface area (TPSA) is 126 Å². The number of ether oxygens (including phenoxy) is 1. The number of rotatable bonds is 6. The normalized spacial score (nSPS) is 10.6. The standard InChI is InChI=1S/C18H19N3OS.C12H13N3O3S/c1-11(2)13-6-4-5-7-15(13)19-18(23)20-17-14-10-12(3)8-9-16(14)22-21-17;1-7-3-4-9-8(5-7)11(15-18-9)14-12(19)13-6-10(16)17-2/h4-11H,1-3H3,(H2,19,20,21,23);3-5H,6H2,1-2H3,(H2,13,14,15,19). The Morgan fingerprint density at radius 2 is 1.38 bits per heavy atom. The van der Waals surface area contributed by atoms with Gasteiger partial charge in [-0.1, -0.05) is 65.6 Å². The summed E-state index contributed by atoms with van der Waals surface area (Å²) in [7, 11) is 1.31. The molecule has 0 spiro atoms. The maximum atomic E-state index is 11.0. The van der Waals surface area contributed by atoms with Gasteiger partial charge in [0.15, 0.2) is 33.0 Å². The van der Waals surface area contributed by atoms with Gasteiger partial charge in [0.25, 0.3) is 0 Å². The largest absolute Gasteiger partial charge is 0.468 e. The summed E-state index contributed by atoms with van der Waals surface area (Å²) in [6.45, 7) is 8.32. The SMILES string of the molecule is COC(=O)CNC(=S)Nc1noc2ccc(C)cc12.Cc1ccc2onc(NC(=S)Nc3ccccc3C(C)C)c2c1. The second-order valence-electron chi connectivity index (χ2n) is 9.77. The summed E-state index contributed by atoms with van der Waals surface area (Å²) in [5.41, 5.74) is 5.87. The van der Waals surface area contributed by atoms with E-state index in [1.807, 2.05) is 68.4 Å². The Morgan fingerprint density at radius 1 is 0.833 bits per heavy atom. The minimum atomic E-state index is -0.398. The zero-order chi connectivity index (χ0) is 30.2. The predicted molar refractivity (Wildman–Crippen MR) is 174 cm³/mol. The highest BCUT2D eigenvalue weighted by Gasteiger charge is 2.12. The van der Waals surface area contributed by atoms with Crippen LogP contribution in [0.2, 0.25) is 0 Å². The summed E-state index contributed by atoms with van der Waals surface area (Å²) in [5, 5.41) is 22.5. The van der Waals surface area contributed by atoms with E-state index < -0.39 is 5.97 Å². The van der Waals surface area contributed by atoms with E-state index in [0.29, 0.717) is 28.2 Å². The van der Waals surface area contributed by atoms with Crippen LogP contribution in [0.3, 0.4) is 0 Å². The average Bonchev–Trinajstić information content (AvgIpc) is 3.55. The molecule has 2 aromatic heterocycles. The highest BCUT2D eigenvalue weighted by Crippen LogP contribution is 2.26. The van der Waals surface area contributed by atoms with Gasteiger partial charge in [0, 0.05) is 5.69 Å². The lowest BCUT2D eigenvalue weighted by molar-refractivity contribution is -0.139. The zero-order valence-corrected chi connectivity index (χ0v) is 25.5. The second kappa shape index (κ2) is 13.9. The first kappa shape index (κ1) is 30.4. The molecule has 218 valence electrons. The number of nitrogens with one attached hydrogen (secondary N) is 4. The highest BCUT2D eigenvalue weighted by atomic mass is 32.1. The summed E-state index contributed by atoms with van der Waals surface area (Å²) in [6, 6.07) is 19.8. The van der Waals surface area contributed by atoms with Crippen LogP contribution in [-0.4, -0.2) is 40.2 Å². The first-order chi connectivity index (χ1) is 20.1. The molecule has 0 amide bonds. The highest BCUT2D eigenvalue weighted by molar-refractivity contribution is 7.80. The van der Waals surface area contributed by atoms with Gasteiger partial charge < -0.3 is 35.1 Å². The Labute approximate surface area is 254 Å². The van der Waals surface area contributed by atoms with Gasteiger partial charge in [0.05, 0.1) is 17.9 Å². The summed E-state index contributed by atoms with van der Waals surface area (Å²) in [4.78, 5) is 11.0. The molecule has 5 aromatic rings. The van der Waals surface area contributed by atoms with Crippen molar-refractivity contribution in [1.82, 2.24) is 15.6 Å². The fraction of sp³-hybridized carbons (Fsp3) is 0.233. The van der Waals surface area contributed by atoms with Gasteiger partial charge in [-0.05, 0) is 80.1 Å². The molecule has 3 aromatic carbocycles. The van der Waals surface area contributed by atoms with E-state index in [4.69, 9.17) is 33.5 Å². The number of carbonyl (C=O) groups is 1. The van der Waals surface area contributed by atoms with Crippen molar-refractivity contribution in [2.45, 2.75) is 33.6 Å². The van der Waals surface area contributed by atoms with Crippen LogP contribution in [0.4, 0.5) is 17.3 Å². The van der Waals surface area contributed by atoms with Crippen LogP contribution in [0.1, 0.15) is 36.5 Å². The van der Waals surface area contributed by atoms with Gasteiger partial charge in [0.2, 0.25) is 0 Å². The van der Waals surface area contributed by atoms with Crippen LogP contribution in [0.15, 0.2) is 69.7 Å². The van der Waals surface area contributed by atoms with E-state index in [9.17, 15) is 4.79 Å². The van der Waals surface area contributed by atoms with Crippen LogP contribution < -0.4 is 21.3 Å². The van der Waals surface area contributed by atoms with E-state index in [0.717, 1.165) is 33.2 Å². The quantitative estimate of drug-likeness (QED) is 0.122. The van der Waals surface area contributed by atoms with Crippen molar-refractivity contribution in [3.8, 4) is 0 Å². The number of fused-ring (bicyclic) bond motifs is 2. The zero-order valence-electron chi connectivity index (χ0n) is 23.9. The molecule has 0 saturated carbocycles. The molecule has 0 atom stereocenters. The van der Waals surface area contributed by atoms with Crippen molar-refractivity contribution in [2.75, 3.05) is 29.6 Å².